The molecular weight excluding hydrogens is 364 g/mol. The van der Waals surface area contributed by atoms with Crippen molar-refractivity contribution in [2.75, 3.05) is 5.32 Å². The van der Waals surface area contributed by atoms with Crippen LogP contribution in [-0.4, -0.2) is 21.8 Å². The number of aromatic nitrogens is 2. The van der Waals surface area contributed by atoms with Crippen molar-refractivity contribution in [1.82, 2.24) is 15.3 Å². The Bertz CT molecular complexity index is 1160. The highest BCUT2D eigenvalue weighted by atomic mass is 16.2. The first-order valence-electron chi connectivity index (χ1n) is 9.28. The molecule has 0 saturated carbocycles. The van der Waals surface area contributed by atoms with Gasteiger partial charge in [0.25, 0.3) is 5.91 Å². The summed E-state index contributed by atoms with van der Waals surface area (Å²) in [6.45, 7) is 1.91. The van der Waals surface area contributed by atoms with Crippen LogP contribution in [0.5, 0.6) is 0 Å². The molecule has 2 amide bonds. The largest absolute Gasteiger partial charge is 0.348 e. The molecule has 0 saturated heterocycles. The summed E-state index contributed by atoms with van der Waals surface area (Å²) in [5.41, 5.74) is 5.41. The molecule has 0 aliphatic heterocycles. The van der Waals surface area contributed by atoms with E-state index in [0.717, 1.165) is 27.7 Å². The van der Waals surface area contributed by atoms with Gasteiger partial charge in [-0.05, 0) is 41.0 Å². The Morgan fingerprint density at radius 1 is 0.931 bits per heavy atom. The highest BCUT2D eigenvalue weighted by molar-refractivity contribution is 5.94. The van der Waals surface area contributed by atoms with E-state index >= 15 is 0 Å². The number of fused-ring (bicyclic) bond motifs is 1. The van der Waals surface area contributed by atoms with Gasteiger partial charge in [0.2, 0.25) is 11.9 Å². The Labute approximate surface area is 168 Å². The SMILES string of the molecule is CC(=O)Nc1nc2ccc(-c3ccc(CNC(=O)c4ccccc4)cc3)cc2[nH]1. The van der Waals surface area contributed by atoms with Gasteiger partial charge in [-0.15, -0.1) is 0 Å². The highest BCUT2D eigenvalue weighted by Gasteiger charge is 2.07. The molecule has 0 bridgehead atoms. The molecular formula is C23H20N4O2. The van der Waals surface area contributed by atoms with E-state index in [-0.39, 0.29) is 11.8 Å². The van der Waals surface area contributed by atoms with Gasteiger partial charge in [0.05, 0.1) is 11.0 Å². The van der Waals surface area contributed by atoms with Crippen molar-refractivity contribution in [1.29, 1.82) is 0 Å². The molecule has 1 aromatic heterocycles. The molecule has 0 spiro atoms. The second kappa shape index (κ2) is 7.98. The van der Waals surface area contributed by atoms with E-state index in [2.05, 4.69) is 20.6 Å². The van der Waals surface area contributed by atoms with E-state index < -0.39 is 0 Å². The number of hydrogen-bond donors (Lipinski definition) is 3. The van der Waals surface area contributed by atoms with Crippen molar-refractivity contribution < 1.29 is 9.59 Å². The van der Waals surface area contributed by atoms with Gasteiger partial charge in [0, 0.05) is 19.0 Å². The van der Waals surface area contributed by atoms with Gasteiger partial charge < -0.3 is 10.3 Å². The lowest BCUT2D eigenvalue weighted by Gasteiger charge is -2.07. The van der Waals surface area contributed by atoms with Crippen molar-refractivity contribution in [2.45, 2.75) is 13.5 Å². The van der Waals surface area contributed by atoms with Crippen LogP contribution >= 0.6 is 0 Å². The smallest absolute Gasteiger partial charge is 0.251 e. The molecule has 29 heavy (non-hydrogen) atoms. The third-order valence-corrected chi connectivity index (χ3v) is 4.55. The molecule has 4 rings (SSSR count). The zero-order chi connectivity index (χ0) is 20.2. The molecule has 0 unspecified atom stereocenters. The van der Waals surface area contributed by atoms with Crippen molar-refractivity contribution in [3.8, 4) is 11.1 Å². The Kier molecular flexibility index (Phi) is 5.07. The fraction of sp³-hybridized carbons (Fsp3) is 0.0870. The zero-order valence-electron chi connectivity index (χ0n) is 15.9. The summed E-state index contributed by atoms with van der Waals surface area (Å²) in [5, 5.41) is 5.59. The summed E-state index contributed by atoms with van der Waals surface area (Å²) in [7, 11) is 0. The summed E-state index contributed by atoms with van der Waals surface area (Å²) >= 11 is 0. The molecule has 144 valence electrons. The zero-order valence-corrected chi connectivity index (χ0v) is 15.9. The number of benzene rings is 3. The quantitative estimate of drug-likeness (QED) is 0.484. The van der Waals surface area contributed by atoms with Gasteiger partial charge in [-0.3, -0.25) is 14.9 Å². The number of aromatic amines is 1. The number of rotatable bonds is 5. The number of hydrogen-bond acceptors (Lipinski definition) is 3. The second-order valence-corrected chi connectivity index (χ2v) is 6.74. The fourth-order valence-corrected chi connectivity index (χ4v) is 3.10. The molecule has 3 aromatic carbocycles. The van der Waals surface area contributed by atoms with E-state index in [0.29, 0.717) is 18.1 Å². The Hall–Kier alpha value is -3.93. The minimum absolute atomic E-state index is 0.0886. The Balaban J connectivity index is 1.46. The van der Waals surface area contributed by atoms with Crippen molar-refractivity contribution in [3.05, 3.63) is 83.9 Å². The van der Waals surface area contributed by atoms with Crippen LogP contribution in [0.2, 0.25) is 0 Å². The van der Waals surface area contributed by atoms with Crippen LogP contribution in [0.3, 0.4) is 0 Å². The first-order chi connectivity index (χ1) is 14.1. The van der Waals surface area contributed by atoms with Gasteiger partial charge >= 0.3 is 0 Å². The van der Waals surface area contributed by atoms with Crippen molar-refractivity contribution in [3.63, 3.8) is 0 Å². The number of nitrogens with one attached hydrogen (secondary N) is 3. The van der Waals surface area contributed by atoms with Gasteiger partial charge in [-0.2, -0.15) is 0 Å². The van der Waals surface area contributed by atoms with Crippen molar-refractivity contribution in [2.24, 2.45) is 0 Å². The summed E-state index contributed by atoms with van der Waals surface area (Å²) in [4.78, 5) is 30.8. The number of carbonyl (C=O) groups excluding carboxylic acids is 2. The third kappa shape index (κ3) is 4.32. The standard InChI is InChI=1S/C23H20N4O2/c1-15(28)25-23-26-20-12-11-19(13-21(20)27-23)17-9-7-16(8-10-17)14-24-22(29)18-5-3-2-4-6-18/h2-13H,14H2,1H3,(H,24,29)(H2,25,26,27,28). The monoisotopic (exact) mass is 384 g/mol. The lowest BCUT2D eigenvalue weighted by Crippen LogP contribution is -2.22. The summed E-state index contributed by atoms with van der Waals surface area (Å²) < 4.78 is 0. The first-order valence-corrected chi connectivity index (χ1v) is 9.28. The van der Waals surface area contributed by atoms with Crippen LogP contribution in [0.4, 0.5) is 5.95 Å². The fourth-order valence-electron chi connectivity index (χ4n) is 3.10. The predicted octanol–water partition coefficient (Wildman–Crippen LogP) is 4.12. The van der Waals surface area contributed by atoms with E-state index in [1.54, 1.807) is 12.1 Å². The van der Waals surface area contributed by atoms with Gasteiger partial charge in [0.15, 0.2) is 0 Å². The van der Waals surface area contributed by atoms with E-state index in [1.807, 2.05) is 60.7 Å². The number of anilines is 1. The molecule has 4 aromatic rings. The van der Waals surface area contributed by atoms with Crippen LogP contribution in [0.25, 0.3) is 22.2 Å². The third-order valence-electron chi connectivity index (χ3n) is 4.55. The van der Waals surface area contributed by atoms with E-state index in [4.69, 9.17) is 0 Å². The molecule has 3 N–H and O–H groups in total. The molecule has 0 aliphatic rings. The Morgan fingerprint density at radius 3 is 2.38 bits per heavy atom. The average molecular weight is 384 g/mol. The van der Waals surface area contributed by atoms with Gasteiger partial charge in [0.1, 0.15) is 0 Å². The molecule has 6 nitrogen and oxygen atoms in total. The summed E-state index contributed by atoms with van der Waals surface area (Å²) in [6, 6.07) is 23.1. The van der Waals surface area contributed by atoms with Crippen LogP contribution in [0.1, 0.15) is 22.8 Å². The molecule has 1 heterocycles. The molecule has 0 fully saturated rings. The summed E-state index contributed by atoms with van der Waals surface area (Å²) in [5.74, 6) is 0.183. The number of carbonyl (C=O) groups is 2. The normalized spacial score (nSPS) is 10.7. The van der Waals surface area contributed by atoms with Gasteiger partial charge in [-0.25, -0.2) is 4.98 Å². The minimum Gasteiger partial charge on any atom is -0.348 e. The van der Waals surface area contributed by atoms with E-state index in [9.17, 15) is 9.59 Å². The molecule has 0 atom stereocenters. The number of imidazole rings is 1. The number of H-pyrrole nitrogens is 1. The first kappa shape index (κ1) is 18.4. The predicted molar refractivity (Wildman–Crippen MR) is 113 cm³/mol. The van der Waals surface area contributed by atoms with Crippen LogP contribution in [0.15, 0.2) is 72.8 Å². The maximum atomic E-state index is 12.2. The van der Waals surface area contributed by atoms with Crippen LogP contribution in [-0.2, 0) is 11.3 Å². The Morgan fingerprint density at radius 2 is 1.66 bits per heavy atom. The minimum atomic E-state index is -0.167. The lowest BCUT2D eigenvalue weighted by molar-refractivity contribution is -0.114. The van der Waals surface area contributed by atoms with Crippen LogP contribution in [0, 0.1) is 0 Å². The molecule has 6 heteroatoms. The molecule has 0 aliphatic carbocycles. The lowest BCUT2D eigenvalue weighted by atomic mass is 10.0. The van der Waals surface area contributed by atoms with Crippen molar-refractivity contribution >= 4 is 28.8 Å². The summed E-state index contributed by atoms with van der Waals surface area (Å²) in [6.07, 6.45) is 0. The second-order valence-electron chi connectivity index (χ2n) is 6.74. The van der Waals surface area contributed by atoms with E-state index in [1.165, 1.54) is 6.92 Å². The molecule has 0 radical (unpaired) electrons. The highest BCUT2D eigenvalue weighted by Crippen LogP contribution is 2.24. The average Bonchev–Trinajstić information content (AvgIpc) is 3.13. The topological polar surface area (TPSA) is 86.9 Å². The number of nitrogens with zero attached hydrogens (tertiary/aromatic N) is 1. The van der Waals surface area contributed by atoms with Crippen LogP contribution < -0.4 is 10.6 Å². The maximum Gasteiger partial charge on any atom is 0.251 e. The number of amides is 2. The van der Waals surface area contributed by atoms with Gasteiger partial charge in [-0.1, -0.05) is 48.5 Å². The maximum absolute atomic E-state index is 12.2.